The van der Waals surface area contributed by atoms with Gasteiger partial charge in [0, 0.05) is 24.5 Å². The number of phenols is 1. The van der Waals surface area contributed by atoms with Crippen LogP contribution in [0.4, 0.5) is 5.69 Å². The number of aromatic hydroxyl groups is 1. The molecule has 8 atom stereocenters. The molecule has 0 aliphatic carbocycles. The summed E-state index contributed by atoms with van der Waals surface area (Å²) < 4.78 is 47.2. The summed E-state index contributed by atoms with van der Waals surface area (Å²) in [6.45, 7) is -1.05. The normalized spacial score (nSPS) is 31.5. The molecule has 0 aromatic heterocycles. The number of carboxylic acids is 3. The molecule has 43 heavy (non-hydrogen) atoms. The number of ether oxygens (including phenoxy) is 2. The highest BCUT2D eigenvalue weighted by Gasteiger charge is 2.46. The van der Waals surface area contributed by atoms with E-state index in [4.69, 9.17) is 9.47 Å². The molecular weight excluding hydrogens is 604 g/mol. The standard InChI is InChI=1S/C24H28N2O16S/c27-15-7-13-10(6-16(15)41-24-20(30)19(29)18(28)17(42-24)8-40-43(37,38)39)5-14(23(35)36)26(13)2-1-9-3-11(21(31)32)25-12(4-9)22(33)34/h1,3,6-7,12,14,17-20,24-25,27-30H,2,4-5,8H2,(H,31,32)(H,33,34)(H,35,36)(H,37,38,39)/t12-,14+,17-,18-,19+,20-,24-/m1/s1. The van der Waals surface area contributed by atoms with Crippen LogP contribution >= 0.6 is 0 Å². The van der Waals surface area contributed by atoms with Crippen molar-refractivity contribution in [2.75, 3.05) is 13.2 Å². The first kappa shape index (κ1) is 32.1. The second kappa shape index (κ2) is 12.4. The number of allylic oxidation sites excluding steroid dienone is 1. The second-order valence-corrected chi connectivity index (χ2v) is 11.1. The fourth-order valence-corrected chi connectivity index (χ4v) is 5.34. The maximum Gasteiger partial charge on any atom is 0.363 e. The third-order valence-electron chi connectivity index (χ3n) is 7.17. The number of hydrogen-bond acceptors (Lipinski definition) is 14. The van der Waals surface area contributed by atoms with E-state index in [9.17, 15) is 63.1 Å². The van der Waals surface area contributed by atoms with Crippen LogP contribution in [0.2, 0.25) is 0 Å². The summed E-state index contributed by atoms with van der Waals surface area (Å²) in [5.74, 6) is -4.74. The van der Waals surface area contributed by atoms with Crippen LogP contribution in [0, 0.1) is 0 Å². The Hall–Kier alpha value is -3.82. The first-order valence-corrected chi connectivity index (χ1v) is 13.9. The van der Waals surface area contributed by atoms with Crippen LogP contribution in [-0.4, -0.2) is 123 Å². The number of nitrogens with one attached hydrogen (secondary N) is 2. The van der Waals surface area contributed by atoms with Crippen LogP contribution in [0.25, 0.3) is 0 Å². The third kappa shape index (κ3) is 7.22. The lowest BCUT2D eigenvalue weighted by Crippen LogP contribution is -3.11. The molecule has 3 aliphatic rings. The molecule has 0 bridgehead atoms. The summed E-state index contributed by atoms with van der Waals surface area (Å²) in [6, 6.07) is 0.156. The van der Waals surface area contributed by atoms with E-state index in [1.54, 1.807) is 0 Å². The zero-order valence-electron chi connectivity index (χ0n) is 21.9. The SMILES string of the molecule is O=C(O)C1=CC(=CC[NH+]2c3cc(O)c(O[C@@H]4O[C@H](COS(=O)(=O)[O-])[C@@H](O)[C@H](O)[C@H]4O)cc3C[C@H]2C(=O)O)C[C@H](C(=O)O)N1. The molecule has 0 spiro atoms. The largest absolute Gasteiger partial charge is 0.726 e. The average Bonchev–Trinajstić information content (AvgIpc) is 3.28. The molecule has 1 unspecified atom stereocenters. The van der Waals surface area contributed by atoms with Gasteiger partial charge in [-0.15, -0.1) is 0 Å². The Kier molecular flexibility index (Phi) is 9.27. The second-order valence-electron chi connectivity index (χ2n) is 10.0. The maximum absolute atomic E-state index is 12.1. The van der Waals surface area contributed by atoms with Gasteiger partial charge in [0.15, 0.2) is 17.5 Å². The van der Waals surface area contributed by atoms with Crippen molar-refractivity contribution < 1.29 is 81.7 Å². The highest BCUT2D eigenvalue weighted by Crippen LogP contribution is 2.36. The van der Waals surface area contributed by atoms with Crippen molar-refractivity contribution in [1.82, 2.24) is 5.32 Å². The van der Waals surface area contributed by atoms with Gasteiger partial charge in [-0.2, -0.15) is 0 Å². The molecule has 18 nitrogen and oxygen atoms in total. The number of phenolic OH excluding ortho intramolecular Hbond substituents is 1. The first-order chi connectivity index (χ1) is 20.1. The topological polar surface area (TPSA) is 294 Å². The van der Waals surface area contributed by atoms with Crippen LogP contribution < -0.4 is 15.0 Å². The Morgan fingerprint density at radius 2 is 1.77 bits per heavy atom. The number of aliphatic carboxylic acids is 3. The Bertz CT molecular complexity index is 1460. The summed E-state index contributed by atoms with van der Waals surface area (Å²) in [5.41, 5.74) is 0.703. The van der Waals surface area contributed by atoms with Crippen LogP contribution in [0.1, 0.15) is 12.0 Å². The van der Waals surface area contributed by atoms with Crippen molar-refractivity contribution in [3.05, 3.63) is 41.1 Å². The molecule has 1 saturated heterocycles. The van der Waals surface area contributed by atoms with Gasteiger partial charge in [0.05, 0.1) is 6.61 Å². The molecule has 1 fully saturated rings. The van der Waals surface area contributed by atoms with Crippen LogP contribution in [0.3, 0.4) is 0 Å². The smallest absolute Gasteiger partial charge is 0.363 e. The van der Waals surface area contributed by atoms with E-state index < -0.39 is 83.5 Å². The summed E-state index contributed by atoms with van der Waals surface area (Å²) >= 11 is 0. The molecule has 0 radical (unpaired) electrons. The quantitative estimate of drug-likeness (QED) is 0.0875. The Balaban J connectivity index is 1.57. The summed E-state index contributed by atoms with van der Waals surface area (Å²) in [7, 11) is -5.19. The van der Waals surface area contributed by atoms with Crippen molar-refractivity contribution >= 4 is 34.0 Å². The van der Waals surface area contributed by atoms with Gasteiger partial charge in [0.25, 0.3) is 0 Å². The van der Waals surface area contributed by atoms with E-state index in [1.165, 1.54) is 24.3 Å². The van der Waals surface area contributed by atoms with Crippen LogP contribution in [0.15, 0.2) is 35.6 Å². The zero-order chi connectivity index (χ0) is 31.8. The molecule has 0 saturated carbocycles. The van der Waals surface area contributed by atoms with Gasteiger partial charge in [0.1, 0.15) is 48.4 Å². The molecule has 19 heteroatoms. The minimum Gasteiger partial charge on any atom is -0.726 e. The van der Waals surface area contributed by atoms with Gasteiger partial charge in [-0.05, 0) is 23.8 Å². The number of benzene rings is 1. The van der Waals surface area contributed by atoms with Crippen LogP contribution in [0.5, 0.6) is 11.5 Å². The number of hydrogen-bond donors (Lipinski definition) is 9. The molecule has 4 rings (SSSR count). The number of fused-ring (bicyclic) bond motifs is 1. The fraction of sp³-hybridized carbons (Fsp3) is 0.458. The summed E-state index contributed by atoms with van der Waals surface area (Å²) in [4.78, 5) is 35.3. The van der Waals surface area contributed by atoms with E-state index in [2.05, 4.69) is 9.50 Å². The van der Waals surface area contributed by atoms with Crippen LogP contribution in [-0.2, 0) is 40.1 Å². The predicted octanol–water partition coefficient (Wildman–Crippen LogP) is -4.08. The van der Waals surface area contributed by atoms with Gasteiger partial charge in [0.2, 0.25) is 16.7 Å². The number of aliphatic hydroxyl groups is 3. The first-order valence-electron chi connectivity index (χ1n) is 12.6. The molecule has 236 valence electrons. The lowest BCUT2D eigenvalue weighted by molar-refractivity contribution is -0.838. The highest BCUT2D eigenvalue weighted by atomic mass is 32.3. The number of aliphatic hydroxyl groups excluding tert-OH is 3. The maximum atomic E-state index is 12.1. The van der Waals surface area contributed by atoms with E-state index in [0.717, 1.165) is 0 Å². The Morgan fingerprint density at radius 1 is 1.07 bits per heavy atom. The molecule has 3 aliphatic heterocycles. The van der Waals surface area contributed by atoms with Gasteiger partial charge in [-0.3, -0.25) is 9.08 Å². The number of quaternary nitrogens is 1. The fourth-order valence-electron chi connectivity index (χ4n) is 5.04. The minimum atomic E-state index is -5.19. The summed E-state index contributed by atoms with van der Waals surface area (Å²) in [5, 5.41) is 72.1. The lowest BCUT2D eigenvalue weighted by Gasteiger charge is -2.40. The molecule has 3 heterocycles. The molecule has 1 aromatic rings. The minimum absolute atomic E-state index is 0.0342. The van der Waals surface area contributed by atoms with Crippen molar-refractivity contribution in [2.45, 2.75) is 55.6 Å². The van der Waals surface area contributed by atoms with E-state index in [0.29, 0.717) is 21.7 Å². The third-order valence-corrected chi connectivity index (χ3v) is 7.60. The molecule has 1 aromatic carbocycles. The molecule has 9 N–H and O–H groups in total. The van der Waals surface area contributed by atoms with Gasteiger partial charge in [-0.1, -0.05) is 0 Å². The number of rotatable bonds is 10. The van der Waals surface area contributed by atoms with Crippen molar-refractivity contribution in [2.24, 2.45) is 0 Å². The van der Waals surface area contributed by atoms with Crippen molar-refractivity contribution in [3.63, 3.8) is 0 Å². The zero-order valence-corrected chi connectivity index (χ0v) is 22.7. The lowest BCUT2D eigenvalue weighted by atomic mass is 9.99. The van der Waals surface area contributed by atoms with Crippen molar-refractivity contribution in [3.8, 4) is 11.5 Å². The van der Waals surface area contributed by atoms with E-state index in [-0.39, 0.29) is 30.8 Å². The van der Waals surface area contributed by atoms with Gasteiger partial charge < -0.3 is 55.1 Å². The highest BCUT2D eigenvalue weighted by molar-refractivity contribution is 7.80. The summed E-state index contributed by atoms with van der Waals surface area (Å²) in [6.07, 6.45) is -6.55. The van der Waals surface area contributed by atoms with E-state index >= 15 is 0 Å². The van der Waals surface area contributed by atoms with Gasteiger partial charge in [-0.25, -0.2) is 22.8 Å². The van der Waals surface area contributed by atoms with E-state index in [1.807, 2.05) is 0 Å². The predicted molar refractivity (Wildman–Crippen MR) is 135 cm³/mol. The Labute approximate surface area is 242 Å². The number of carboxylic acid groups (broad SMARTS) is 3. The number of carbonyl (C=O) groups is 3. The van der Waals surface area contributed by atoms with Gasteiger partial charge >= 0.3 is 17.9 Å². The molecule has 0 amide bonds. The average molecular weight is 633 g/mol. The Morgan fingerprint density at radius 3 is 2.37 bits per heavy atom. The van der Waals surface area contributed by atoms with Crippen molar-refractivity contribution in [1.29, 1.82) is 0 Å². The monoisotopic (exact) mass is 632 g/mol. The molecular formula is C24H28N2O16S.